The van der Waals surface area contributed by atoms with Gasteiger partial charge in [0, 0.05) is 34.3 Å². The number of ketones is 1. The van der Waals surface area contributed by atoms with Crippen molar-refractivity contribution in [2.75, 3.05) is 0 Å². The van der Waals surface area contributed by atoms with Gasteiger partial charge in [-0.3, -0.25) is 9.79 Å². The maximum atomic E-state index is 12.6. The Bertz CT molecular complexity index is 1130. The molecule has 0 fully saturated rings. The largest absolute Gasteiger partial charge is 0.358 e. The molecule has 2 aromatic carbocycles. The first-order valence-electron chi connectivity index (χ1n) is 9.37. The third-order valence-electron chi connectivity index (χ3n) is 5.07. The first-order chi connectivity index (χ1) is 13.6. The van der Waals surface area contributed by atoms with Crippen LogP contribution in [0.4, 0.5) is 0 Å². The van der Waals surface area contributed by atoms with Gasteiger partial charge in [0.15, 0.2) is 5.78 Å². The summed E-state index contributed by atoms with van der Waals surface area (Å²) in [4.78, 5) is 20.5. The summed E-state index contributed by atoms with van der Waals surface area (Å²) in [5.41, 5.74) is 8.73. The van der Waals surface area contributed by atoms with Crippen LogP contribution in [-0.4, -0.2) is 16.5 Å². The quantitative estimate of drug-likeness (QED) is 0.558. The van der Waals surface area contributed by atoms with Crippen LogP contribution in [0.15, 0.2) is 77.4 Å². The highest BCUT2D eigenvalue weighted by molar-refractivity contribution is 6.19. The van der Waals surface area contributed by atoms with Crippen LogP contribution >= 0.6 is 0 Å². The fourth-order valence-electron chi connectivity index (χ4n) is 3.76. The Kier molecular flexibility index (Phi) is 4.66. The summed E-state index contributed by atoms with van der Waals surface area (Å²) in [5.74, 6) is 0.0490. The van der Waals surface area contributed by atoms with Crippen molar-refractivity contribution in [1.82, 2.24) is 4.98 Å². The van der Waals surface area contributed by atoms with Crippen molar-refractivity contribution >= 4 is 23.1 Å². The summed E-state index contributed by atoms with van der Waals surface area (Å²) >= 11 is 0. The van der Waals surface area contributed by atoms with Gasteiger partial charge in [-0.05, 0) is 38.0 Å². The molecule has 28 heavy (non-hydrogen) atoms. The number of nitrogens with one attached hydrogen (secondary N) is 1. The molecule has 0 spiro atoms. The van der Waals surface area contributed by atoms with E-state index in [9.17, 15) is 4.79 Å². The van der Waals surface area contributed by atoms with Crippen LogP contribution in [0.2, 0.25) is 0 Å². The Morgan fingerprint density at radius 2 is 1.54 bits per heavy atom. The molecule has 2 heterocycles. The molecule has 0 bridgehead atoms. The lowest BCUT2D eigenvalue weighted by Crippen LogP contribution is -1.99. The second-order valence-electron chi connectivity index (χ2n) is 7.02. The minimum Gasteiger partial charge on any atom is -0.358 e. The normalized spacial score (nSPS) is 14.9. The molecule has 3 nitrogen and oxygen atoms in total. The van der Waals surface area contributed by atoms with E-state index in [1.54, 1.807) is 6.92 Å². The first-order valence-corrected chi connectivity index (χ1v) is 9.37. The summed E-state index contributed by atoms with van der Waals surface area (Å²) < 4.78 is 0. The van der Waals surface area contributed by atoms with E-state index in [0.29, 0.717) is 0 Å². The lowest BCUT2D eigenvalue weighted by molar-refractivity contribution is 0.101. The fourth-order valence-corrected chi connectivity index (χ4v) is 3.76. The van der Waals surface area contributed by atoms with Crippen LogP contribution in [0.25, 0.3) is 22.8 Å². The molecule has 0 amide bonds. The zero-order chi connectivity index (χ0) is 19.7. The molecule has 0 atom stereocenters. The van der Waals surface area contributed by atoms with Crippen LogP contribution in [0.1, 0.15) is 41.2 Å². The van der Waals surface area contributed by atoms with Crippen molar-refractivity contribution in [1.29, 1.82) is 0 Å². The van der Waals surface area contributed by atoms with Crippen LogP contribution in [-0.2, 0) is 0 Å². The molecule has 0 unspecified atom stereocenters. The van der Waals surface area contributed by atoms with Gasteiger partial charge in [-0.15, -0.1) is 0 Å². The lowest BCUT2D eigenvalue weighted by Gasteiger charge is -2.08. The number of aryl methyl sites for hydroxylation is 1. The predicted octanol–water partition coefficient (Wildman–Crippen LogP) is 6.09. The summed E-state index contributed by atoms with van der Waals surface area (Å²) in [6.45, 7) is 5.64. The van der Waals surface area contributed by atoms with E-state index in [4.69, 9.17) is 0 Å². The average molecular weight is 366 g/mol. The predicted molar refractivity (Wildman–Crippen MR) is 116 cm³/mol. The third-order valence-corrected chi connectivity index (χ3v) is 5.07. The van der Waals surface area contributed by atoms with Gasteiger partial charge < -0.3 is 4.98 Å². The van der Waals surface area contributed by atoms with Crippen LogP contribution in [0, 0.1) is 6.92 Å². The minimum atomic E-state index is 0.0490. The highest BCUT2D eigenvalue weighted by Crippen LogP contribution is 2.35. The van der Waals surface area contributed by atoms with E-state index >= 15 is 0 Å². The summed E-state index contributed by atoms with van der Waals surface area (Å²) in [6, 6.07) is 20.3. The van der Waals surface area contributed by atoms with Crippen molar-refractivity contribution in [2.45, 2.75) is 20.8 Å². The van der Waals surface area contributed by atoms with Gasteiger partial charge in [0.2, 0.25) is 0 Å². The zero-order valence-corrected chi connectivity index (χ0v) is 16.3. The topological polar surface area (TPSA) is 45.2 Å². The van der Waals surface area contributed by atoms with Crippen molar-refractivity contribution in [2.24, 2.45) is 4.99 Å². The van der Waals surface area contributed by atoms with E-state index < -0.39 is 0 Å². The number of carbonyl (C=O) groups is 1. The summed E-state index contributed by atoms with van der Waals surface area (Å²) in [6.07, 6.45) is 3.96. The van der Waals surface area contributed by atoms with Crippen molar-refractivity contribution < 1.29 is 4.79 Å². The average Bonchev–Trinajstić information content (AvgIpc) is 3.23. The SMILES string of the molecule is CC(=O)c1c(C=C2C(c3ccccc3)=CN=C2C)[nH]c(C)c1-c1ccccc1. The Morgan fingerprint density at radius 1 is 0.929 bits per heavy atom. The Labute approximate surface area is 165 Å². The number of allylic oxidation sites excluding steroid dienone is 2. The highest BCUT2D eigenvalue weighted by atomic mass is 16.1. The molecule has 3 heteroatoms. The molecule has 0 aliphatic carbocycles. The number of aliphatic imine (C=N–C) groups is 1. The number of aromatic nitrogens is 1. The minimum absolute atomic E-state index is 0.0490. The maximum Gasteiger partial charge on any atom is 0.162 e. The van der Waals surface area contributed by atoms with Gasteiger partial charge in [0.25, 0.3) is 0 Å². The summed E-state index contributed by atoms with van der Waals surface area (Å²) in [5, 5.41) is 0. The van der Waals surface area contributed by atoms with E-state index in [1.165, 1.54) is 0 Å². The number of rotatable bonds is 4. The number of hydrogen-bond acceptors (Lipinski definition) is 2. The monoisotopic (exact) mass is 366 g/mol. The number of nitrogens with zero attached hydrogens (tertiary/aromatic N) is 1. The molecular formula is C25H22N2O. The number of benzene rings is 2. The first kappa shape index (κ1) is 17.9. The zero-order valence-electron chi connectivity index (χ0n) is 16.3. The smallest absolute Gasteiger partial charge is 0.162 e. The van der Waals surface area contributed by atoms with Crippen LogP contribution < -0.4 is 0 Å². The van der Waals surface area contributed by atoms with Crippen molar-refractivity contribution in [3.05, 3.63) is 95.0 Å². The second kappa shape index (κ2) is 7.28. The van der Waals surface area contributed by atoms with E-state index in [-0.39, 0.29) is 5.78 Å². The number of hydrogen-bond donors (Lipinski definition) is 1. The molecule has 0 saturated heterocycles. The molecule has 1 aliphatic heterocycles. The Balaban J connectivity index is 1.87. The second-order valence-corrected chi connectivity index (χ2v) is 7.02. The van der Waals surface area contributed by atoms with Crippen LogP contribution in [0.5, 0.6) is 0 Å². The highest BCUT2D eigenvalue weighted by Gasteiger charge is 2.22. The Morgan fingerprint density at radius 3 is 2.14 bits per heavy atom. The molecule has 0 saturated carbocycles. The Hall–Kier alpha value is -3.46. The molecular weight excluding hydrogens is 344 g/mol. The lowest BCUT2D eigenvalue weighted by atomic mass is 9.94. The van der Waals surface area contributed by atoms with Gasteiger partial charge in [0.05, 0.1) is 11.3 Å². The maximum absolute atomic E-state index is 12.6. The standard InChI is InChI=1S/C25H22N2O/c1-16-21(22(15-26-16)19-10-6-4-7-11-19)14-23-25(18(3)28)24(17(2)27-23)20-12-8-5-9-13-20/h4-15,27H,1-3H3. The van der Waals surface area contributed by atoms with Gasteiger partial charge in [-0.1, -0.05) is 60.7 Å². The van der Waals surface area contributed by atoms with Gasteiger partial charge in [-0.2, -0.15) is 0 Å². The molecule has 4 rings (SSSR count). The van der Waals surface area contributed by atoms with E-state index in [0.717, 1.165) is 50.5 Å². The molecule has 1 aromatic heterocycles. The summed E-state index contributed by atoms with van der Waals surface area (Å²) in [7, 11) is 0. The third kappa shape index (κ3) is 3.16. The molecule has 1 N–H and O–H groups in total. The van der Waals surface area contributed by atoms with Gasteiger partial charge in [-0.25, -0.2) is 0 Å². The molecule has 0 radical (unpaired) electrons. The van der Waals surface area contributed by atoms with Crippen molar-refractivity contribution in [3.63, 3.8) is 0 Å². The van der Waals surface area contributed by atoms with E-state index in [2.05, 4.69) is 28.2 Å². The molecule has 1 aliphatic rings. The fraction of sp³-hybridized carbons (Fsp3) is 0.120. The van der Waals surface area contributed by atoms with Gasteiger partial charge >= 0.3 is 0 Å². The number of carbonyl (C=O) groups excluding carboxylic acids is 1. The number of H-pyrrole nitrogens is 1. The molecule has 3 aromatic rings. The number of Topliss-reactive ketones (excluding diaryl/α,β-unsaturated/α-hetero) is 1. The van der Waals surface area contributed by atoms with Crippen LogP contribution in [0.3, 0.4) is 0 Å². The molecule has 138 valence electrons. The van der Waals surface area contributed by atoms with Gasteiger partial charge in [0.1, 0.15) is 0 Å². The number of aromatic amines is 1. The van der Waals surface area contributed by atoms with E-state index in [1.807, 2.05) is 68.6 Å². The van der Waals surface area contributed by atoms with Crippen molar-refractivity contribution in [3.8, 4) is 11.1 Å².